The van der Waals surface area contributed by atoms with E-state index in [-0.39, 0.29) is 6.79 Å². The number of fused-ring (bicyclic) bond motifs is 1. The fraction of sp³-hybridized carbons (Fsp3) is 0.273. The smallest absolute Gasteiger partial charge is 0.231 e. The Bertz CT molecular complexity index is 575. The van der Waals surface area contributed by atoms with Crippen molar-refractivity contribution in [1.29, 1.82) is 0 Å². The van der Waals surface area contributed by atoms with Gasteiger partial charge in [-0.15, -0.1) is 10.2 Å². The van der Waals surface area contributed by atoms with Gasteiger partial charge >= 0.3 is 0 Å². The fourth-order valence-electron chi connectivity index (χ4n) is 1.66. The van der Waals surface area contributed by atoms with Crippen molar-refractivity contribution >= 4 is 16.5 Å². The highest BCUT2D eigenvalue weighted by molar-refractivity contribution is 7.15. The molecule has 0 radical (unpaired) electrons. The minimum absolute atomic E-state index is 0.277. The Morgan fingerprint density at radius 3 is 3.00 bits per heavy atom. The number of hydrazine groups is 1. The number of benzene rings is 1. The third-order valence-corrected chi connectivity index (χ3v) is 3.35. The first-order valence-electron chi connectivity index (χ1n) is 5.60. The normalized spacial score (nSPS) is 12.7. The molecule has 1 aliphatic rings. The summed E-state index contributed by atoms with van der Waals surface area (Å²) in [6, 6.07) is 5.73. The quantitative estimate of drug-likeness (QED) is 0.629. The van der Waals surface area contributed by atoms with Crippen molar-refractivity contribution in [2.75, 3.05) is 12.2 Å². The monoisotopic (exact) mass is 280 g/mol. The number of rotatable bonds is 5. The van der Waals surface area contributed by atoms with Crippen molar-refractivity contribution in [1.82, 2.24) is 10.2 Å². The molecule has 0 atom stereocenters. The van der Waals surface area contributed by atoms with Gasteiger partial charge in [-0.25, -0.2) is 5.84 Å². The van der Waals surface area contributed by atoms with Crippen molar-refractivity contribution in [2.45, 2.75) is 13.2 Å². The molecule has 0 fully saturated rings. The second-order valence-electron chi connectivity index (χ2n) is 3.83. The molecule has 0 spiro atoms. The summed E-state index contributed by atoms with van der Waals surface area (Å²) in [4.78, 5) is 0. The lowest BCUT2D eigenvalue weighted by molar-refractivity contribution is 0.106. The van der Waals surface area contributed by atoms with Gasteiger partial charge in [-0.05, 0) is 17.7 Å². The standard InChI is InChI=1S/C11H12N4O3S/c12-13-11-15-14-10(19-11)5-16-4-7-1-2-8-9(3-7)18-6-17-8/h1-3H,4-6,12H2,(H,13,15). The molecule has 2 heterocycles. The molecule has 0 aliphatic carbocycles. The van der Waals surface area contributed by atoms with Crippen molar-refractivity contribution in [3.8, 4) is 11.5 Å². The van der Waals surface area contributed by atoms with Gasteiger partial charge in [0.05, 0.1) is 6.61 Å². The van der Waals surface area contributed by atoms with Crippen molar-refractivity contribution < 1.29 is 14.2 Å². The van der Waals surface area contributed by atoms with Crippen molar-refractivity contribution in [3.05, 3.63) is 28.8 Å². The zero-order valence-corrected chi connectivity index (χ0v) is 10.8. The molecule has 0 unspecified atom stereocenters. The Balaban J connectivity index is 1.54. The number of nitrogen functional groups attached to an aromatic ring is 1. The number of ether oxygens (including phenoxy) is 3. The minimum atomic E-state index is 0.277. The van der Waals surface area contributed by atoms with Gasteiger partial charge < -0.3 is 14.2 Å². The van der Waals surface area contributed by atoms with E-state index in [0.717, 1.165) is 22.1 Å². The summed E-state index contributed by atoms with van der Waals surface area (Å²) in [6.45, 7) is 1.15. The zero-order chi connectivity index (χ0) is 13.1. The molecule has 1 aliphatic heterocycles. The van der Waals surface area contributed by atoms with Crippen LogP contribution in [0.5, 0.6) is 11.5 Å². The van der Waals surface area contributed by atoms with Crippen LogP contribution in [0.3, 0.4) is 0 Å². The number of nitrogens with two attached hydrogens (primary N) is 1. The first-order valence-corrected chi connectivity index (χ1v) is 6.42. The lowest BCUT2D eigenvalue weighted by Crippen LogP contribution is -2.05. The van der Waals surface area contributed by atoms with E-state index in [9.17, 15) is 0 Å². The molecule has 0 saturated heterocycles. The van der Waals surface area contributed by atoms with E-state index in [0.29, 0.717) is 18.3 Å². The molecule has 2 aromatic rings. The molecule has 7 nitrogen and oxygen atoms in total. The zero-order valence-electron chi connectivity index (χ0n) is 9.96. The highest BCUT2D eigenvalue weighted by Gasteiger charge is 2.13. The number of anilines is 1. The third kappa shape index (κ3) is 2.75. The van der Waals surface area contributed by atoms with Crippen LogP contribution in [0.15, 0.2) is 18.2 Å². The van der Waals surface area contributed by atoms with E-state index in [1.807, 2.05) is 18.2 Å². The molecular formula is C11H12N4O3S. The van der Waals surface area contributed by atoms with Gasteiger partial charge in [0, 0.05) is 0 Å². The lowest BCUT2D eigenvalue weighted by atomic mass is 10.2. The molecule has 1 aromatic carbocycles. The Labute approximate surface area is 113 Å². The average Bonchev–Trinajstić information content (AvgIpc) is 3.06. The number of nitrogens with zero attached hydrogens (tertiary/aromatic N) is 2. The molecule has 8 heteroatoms. The molecule has 3 rings (SSSR count). The largest absolute Gasteiger partial charge is 0.454 e. The van der Waals surface area contributed by atoms with Crippen molar-refractivity contribution in [2.24, 2.45) is 5.84 Å². The first-order chi connectivity index (χ1) is 9.35. The lowest BCUT2D eigenvalue weighted by Gasteiger charge is -2.03. The van der Waals surface area contributed by atoms with Crippen LogP contribution in [-0.2, 0) is 18.0 Å². The van der Waals surface area contributed by atoms with Gasteiger partial charge in [0.15, 0.2) is 11.5 Å². The van der Waals surface area contributed by atoms with Gasteiger partial charge in [-0.3, -0.25) is 5.43 Å². The SMILES string of the molecule is NNc1nnc(COCc2ccc3c(c2)OCO3)s1. The highest BCUT2D eigenvalue weighted by Crippen LogP contribution is 2.32. The molecule has 19 heavy (non-hydrogen) atoms. The van der Waals surface area contributed by atoms with Gasteiger partial charge in [-0.1, -0.05) is 17.4 Å². The summed E-state index contributed by atoms with van der Waals surface area (Å²) in [5, 5.41) is 9.10. The molecule has 0 saturated carbocycles. The Kier molecular flexibility index (Phi) is 3.45. The maximum Gasteiger partial charge on any atom is 0.231 e. The first kappa shape index (κ1) is 12.2. The molecule has 0 bridgehead atoms. The van der Waals surface area contributed by atoms with E-state index < -0.39 is 0 Å². The summed E-state index contributed by atoms with van der Waals surface area (Å²) in [7, 11) is 0. The van der Waals surface area contributed by atoms with Crippen molar-refractivity contribution in [3.63, 3.8) is 0 Å². The topological polar surface area (TPSA) is 91.5 Å². The van der Waals surface area contributed by atoms with Gasteiger partial charge in [0.2, 0.25) is 11.9 Å². The molecule has 0 amide bonds. The van der Waals surface area contributed by atoms with Crippen LogP contribution in [0.1, 0.15) is 10.6 Å². The minimum Gasteiger partial charge on any atom is -0.454 e. The van der Waals surface area contributed by atoms with Crippen LogP contribution in [0, 0.1) is 0 Å². The summed E-state index contributed by atoms with van der Waals surface area (Å²) in [6.07, 6.45) is 0. The number of hydrogen-bond donors (Lipinski definition) is 2. The van der Waals surface area contributed by atoms with Crippen LogP contribution in [-0.4, -0.2) is 17.0 Å². The molecule has 1 aromatic heterocycles. The predicted octanol–water partition coefficient (Wildman–Crippen LogP) is 1.27. The Morgan fingerprint density at radius 2 is 2.16 bits per heavy atom. The molecule has 3 N–H and O–H groups in total. The summed E-state index contributed by atoms with van der Waals surface area (Å²) in [5.41, 5.74) is 3.46. The van der Waals surface area contributed by atoms with E-state index in [2.05, 4.69) is 15.6 Å². The van der Waals surface area contributed by atoms with Gasteiger partial charge in [0.1, 0.15) is 11.6 Å². The van der Waals surface area contributed by atoms with E-state index >= 15 is 0 Å². The highest BCUT2D eigenvalue weighted by atomic mass is 32.1. The van der Waals surface area contributed by atoms with Crippen LogP contribution >= 0.6 is 11.3 Å². The maximum atomic E-state index is 5.57. The summed E-state index contributed by atoms with van der Waals surface area (Å²) < 4.78 is 16.1. The van der Waals surface area contributed by atoms with Gasteiger partial charge in [-0.2, -0.15) is 0 Å². The number of nitrogens with one attached hydrogen (secondary N) is 1. The van der Waals surface area contributed by atoms with Crippen LogP contribution in [0.25, 0.3) is 0 Å². The van der Waals surface area contributed by atoms with E-state index in [1.165, 1.54) is 11.3 Å². The Morgan fingerprint density at radius 1 is 1.26 bits per heavy atom. The summed E-state index contributed by atoms with van der Waals surface area (Å²) in [5.74, 6) is 6.75. The van der Waals surface area contributed by atoms with Gasteiger partial charge in [0.25, 0.3) is 0 Å². The number of hydrogen-bond acceptors (Lipinski definition) is 8. The van der Waals surface area contributed by atoms with Crippen LogP contribution in [0.2, 0.25) is 0 Å². The average molecular weight is 280 g/mol. The Hall–Kier alpha value is -1.90. The second kappa shape index (κ2) is 5.39. The van der Waals surface area contributed by atoms with E-state index in [1.54, 1.807) is 0 Å². The number of aromatic nitrogens is 2. The van der Waals surface area contributed by atoms with Crippen LogP contribution in [0.4, 0.5) is 5.13 Å². The molecular weight excluding hydrogens is 268 g/mol. The fourth-order valence-corrected chi connectivity index (χ4v) is 2.24. The second-order valence-corrected chi connectivity index (χ2v) is 4.89. The van der Waals surface area contributed by atoms with Crippen LogP contribution < -0.4 is 20.7 Å². The third-order valence-electron chi connectivity index (χ3n) is 2.52. The maximum absolute atomic E-state index is 5.57. The molecule has 100 valence electrons. The summed E-state index contributed by atoms with van der Waals surface area (Å²) >= 11 is 1.36. The van der Waals surface area contributed by atoms with E-state index in [4.69, 9.17) is 20.1 Å². The predicted molar refractivity (Wildman–Crippen MR) is 68.8 cm³/mol.